The van der Waals surface area contributed by atoms with Crippen LogP contribution in [0.1, 0.15) is 19.8 Å². The van der Waals surface area contributed by atoms with Crippen molar-refractivity contribution < 1.29 is 13.9 Å². The summed E-state index contributed by atoms with van der Waals surface area (Å²) in [6.45, 7) is 3.51. The van der Waals surface area contributed by atoms with E-state index in [1.54, 1.807) is 12.1 Å². The van der Waals surface area contributed by atoms with E-state index in [4.69, 9.17) is 4.74 Å². The van der Waals surface area contributed by atoms with E-state index in [2.05, 4.69) is 17.6 Å². The topological polar surface area (TPSA) is 50.4 Å². The lowest BCUT2D eigenvalue weighted by molar-refractivity contribution is 0.236. The van der Waals surface area contributed by atoms with Gasteiger partial charge in [0.05, 0.1) is 6.54 Å². The zero-order chi connectivity index (χ0) is 13.2. The van der Waals surface area contributed by atoms with Gasteiger partial charge in [-0.15, -0.1) is 0 Å². The Bertz CT molecular complexity index is 355. The summed E-state index contributed by atoms with van der Waals surface area (Å²) < 4.78 is 17.9. The van der Waals surface area contributed by atoms with Crippen molar-refractivity contribution >= 4 is 6.03 Å². The Hall–Kier alpha value is -1.78. The second-order valence-electron chi connectivity index (χ2n) is 3.84. The van der Waals surface area contributed by atoms with Crippen LogP contribution in [0.2, 0.25) is 0 Å². The largest absolute Gasteiger partial charge is 0.492 e. The molecule has 0 heterocycles. The summed E-state index contributed by atoms with van der Waals surface area (Å²) >= 11 is 0. The van der Waals surface area contributed by atoms with Gasteiger partial charge in [-0.2, -0.15) is 0 Å². The highest BCUT2D eigenvalue weighted by Gasteiger charge is 1.98. The summed E-state index contributed by atoms with van der Waals surface area (Å²) in [7, 11) is 0. The van der Waals surface area contributed by atoms with Crippen molar-refractivity contribution in [3.05, 3.63) is 30.1 Å². The molecule has 0 aliphatic heterocycles. The van der Waals surface area contributed by atoms with Gasteiger partial charge in [0.15, 0.2) is 0 Å². The first kappa shape index (κ1) is 14.3. The summed E-state index contributed by atoms with van der Waals surface area (Å²) in [4.78, 5) is 11.2. The predicted octanol–water partition coefficient (Wildman–Crippen LogP) is 2.30. The van der Waals surface area contributed by atoms with E-state index in [1.165, 1.54) is 12.1 Å². The normalized spacial score (nSPS) is 9.89. The molecule has 0 aromatic heterocycles. The minimum atomic E-state index is -0.296. The molecule has 1 aromatic rings. The Kier molecular flexibility index (Phi) is 6.61. The summed E-state index contributed by atoms with van der Waals surface area (Å²) in [5, 5.41) is 5.41. The standard InChI is InChI=1S/C13H19FN2O2/c1-2-3-8-15-13(17)16-9-10-18-12-6-4-11(14)5-7-12/h4-7H,2-3,8-10H2,1H3,(H2,15,16,17). The first-order valence-corrected chi connectivity index (χ1v) is 6.12. The Morgan fingerprint density at radius 1 is 1.22 bits per heavy atom. The molecule has 1 aromatic carbocycles. The van der Waals surface area contributed by atoms with Crippen molar-refractivity contribution in [2.75, 3.05) is 19.7 Å². The molecule has 0 bridgehead atoms. The number of hydrogen-bond donors (Lipinski definition) is 2. The van der Waals surface area contributed by atoms with Crippen molar-refractivity contribution in [1.29, 1.82) is 0 Å². The van der Waals surface area contributed by atoms with Crippen molar-refractivity contribution in [1.82, 2.24) is 10.6 Å². The summed E-state index contributed by atoms with van der Waals surface area (Å²) in [6.07, 6.45) is 2.02. The number of nitrogens with one attached hydrogen (secondary N) is 2. The van der Waals surface area contributed by atoms with Gasteiger partial charge in [0.25, 0.3) is 0 Å². The van der Waals surface area contributed by atoms with Crippen LogP contribution in [0.25, 0.3) is 0 Å². The maximum absolute atomic E-state index is 12.6. The van der Waals surface area contributed by atoms with E-state index in [1.807, 2.05) is 0 Å². The van der Waals surface area contributed by atoms with Gasteiger partial charge >= 0.3 is 6.03 Å². The zero-order valence-electron chi connectivity index (χ0n) is 10.5. The molecule has 0 spiro atoms. The van der Waals surface area contributed by atoms with E-state index < -0.39 is 0 Å². The fraction of sp³-hybridized carbons (Fsp3) is 0.462. The minimum absolute atomic E-state index is 0.189. The van der Waals surface area contributed by atoms with Crippen molar-refractivity contribution in [2.45, 2.75) is 19.8 Å². The molecule has 0 saturated carbocycles. The lowest BCUT2D eigenvalue weighted by atomic mass is 10.3. The molecule has 0 aliphatic carbocycles. The smallest absolute Gasteiger partial charge is 0.314 e. The molecule has 1 rings (SSSR count). The molecule has 18 heavy (non-hydrogen) atoms. The van der Waals surface area contributed by atoms with Crippen LogP contribution in [0.5, 0.6) is 5.75 Å². The number of amides is 2. The molecule has 0 radical (unpaired) electrons. The van der Waals surface area contributed by atoms with E-state index in [-0.39, 0.29) is 11.8 Å². The number of halogens is 1. The van der Waals surface area contributed by atoms with Gasteiger partial charge in [-0.3, -0.25) is 0 Å². The highest BCUT2D eigenvalue weighted by molar-refractivity contribution is 5.73. The van der Waals surface area contributed by atoms with Crippen LogP contribution in [0.4, 0.5) is 9.18 Å². The predicted molar refractivity (Wildman–Crippen MR) is 68.2 cm³/mol. The van der Waals surface area contributed by atoms with Gasteiger partial charge in [-0.25, -0.2) is 9.18 Å². The molecule has 100 valence electrons. The summed E-state index contributed by atoms with van der Waals surface area (Å²) in [6, 6.07) is 5.58. The molecule has 5 heteroatoms. The number of unbranched alkanes of at least 4 members (excludes halogenated alkanes) is 1. The first-order valence-electron chi connectivity index (χ1n) is 6.12. The van der Waals surface area contributed by atoms with Crippen LogP contribution in [0, 0.1) is 5.82 Å². The number of benzene rings is 1. The molecular formula is C13H19FN2O2. The van der Waals surface area contributed by atoms with Gasteiger partial charge in [-0.1, -0.05) is 13.3 Å². The molecule has 0 unspecified atom stereocenters. The highest BCUT2D eigenvalue weighted by Crippen LogP contribution is 2.10. The zero-order valence-corrected chi connectivity index (χ0v) is 10.5. The van der Waals surface area contributed by atoms with E-state index in [0.717, 1.165) is 12.8 Å². The molecule has 0 fully saturated rings. The van der Waals surface area contributed by atoms with E-state index in [0.29, 0.717) is 25.4 Å². The van der Waals surface area contributed by atoms with Gasteiger partial charge in [0.1, 0.15) is 18.2 Å². The highest BCUT2D eigenvalue weighted by atomic mass is 19.1. The van der Waals surface area contributed by atoms with Crippen molar-refractivity contribution in [2.24, 2.45) is 0 Å². The maximum atomic E-state index is 12.6. The lowest BCUT2D eigenvalue weighted by Gasteiger charge is -2.08. The molecule has 0 atom stereocenters. The van der Waals surface area contributed by atoms with Gasteiger partial charge < -0.3 is 15.4 Å². The van der Waals surface area contributed by atoms with E-state index >= 15 is 0 Å². The molecular weight excluding hydrogens is 235 g/mol. The molecule has 2 amide bonds. The molecule has 2 N–H and O–H groups in total. The summed E-state index contributed by atoms with van der Waals surface area (Å²) in [5.41, 5.74) is 0. The van der Waals surface area contributed by atoms with Crippen LogP contribution in [0.3, 0.4) is 0 Å². The Balaban J connectivity index is 2.07. The van der Waals surface area contributed by atoms with Crippen LogP contribution in [-0.4, -0.2) is 25.7 Å². The number of carbonyl (C=O) groups is 1. The molecule has 0 aliphatic rings. The van der Waals surface area contributed by atoms with Crippen molar-refractivity contribution in [3.63, 3.8) is 0 Å². The molecule has 0 saturated heterocycles. The van der Waals surface area contributed by atoms with Gasteiger partial charge in [0.2, 0.25) is 0 Å². The second-order valence-corrected chi connectivity index (χ2v) is 3.84. The maximum Gasteiger partial charge on any atom is 0.314 e. The average Bonchev–Trinajstić information content (AvgIpc) is 2.37. The average molecular weight is 254 g/mol. The van der Waals surface area contributed by atoms with Crippen molar-refractivity contribution in [3.8, 4) is 5.75 Å². The number of urea groups is 1. The number of carbonyl (C=O) groups excluding carboxylic acids is 1. The summed E-state index contributed by atoms with van der Waals surface area (Å²) in [5.74, 6) is 0.292. The fourth-order valence-corrected chi connectivity index (χ4v) is 1.31. The van der Waals surface area contributed by atoms with Gasteiger partial charge in [0, 0.05) is 6.54 Å². The third-order valence-electron chi connectivity index (χ3n) is 2.29. The van der Waals surface area contributed by atoms with Crippen LogP contribution in [-0.2, 0) is 0 Å². The third-order valence-corrected chi connectivity index (χ3v) is 2.29. The lowest BCUT2D eigenvalue weighted by Crippen LogP contribution is -2.38. The Labute approximate surface area is 107 Å². The minimum Gasteiger partial charge on any atom is -0.492 e. The number of hydrogen-bond acceptors (Lipinski definition) is 2. The third kappa shape index (κ3) is 6.08. The number of rotatable bonds is 7. The first-order chi connectivity index (χ1) is 8.72. The van der Waals surface area contributed by atoms with Crippen LogP contribution < -0.4 is 15.4 Å². The SMILES string of the molecule is CCCCNC(=O)NCCOc1ccc(F)cc1. The fourth-order valence-electron chi connectivity index (χ4n) is 1.31. The number of ether oxygens (including phenoxy) is 1. The quantitative estimate of drug-likeness (QED) is 0.734. The van der Waals surface area contributed by atoms with Gasteiger partial charge in [-0.05, 0) is 30.7 Å². The monoisotopic (exact) mass is 254 g/mol. The second kappa shape index (κ2) is 8.33. The Morgan fingerprint density at radius 3 is 2.56 bits per heavy atom. The van der Waals surface area contributed by atoms with Crippen LogP contribution in [0.15, 0.2) is 24.3 Å². The van der Waals surface area contributed by atoms with Crippen LogP contribution >= 0.6 is 0 Å². The Morgan fingerprint density at radius 2 is 1.89 bits per heavy atom. The van der Waals surface area contributed by atoms with E-state index in [9.17, 15) is 9.18 Å². The molecule has 4 nitrogen and oxygen atoms in total.